The fourth-order valence-corrected chi connectivity index (χ4v) is 3.27. The van der Waals surface area contributed by atoms with Gasteiger partial charge in [-0.05, 0) is 53.2 Å². The van der Waals surface area contributed by atoms with Gasteiger partial charge in [-0.1, -0.05) is 15.9 Å². The highest BCUT2D eigenvalue weighted by Crippen LogP contribution is 2.25. The zero-order chi connectivity index (χ0) is 14.9. The second-order valence-electron chi connectivity index (χ2n) is 4.05. The van der Waals surface area contributed by atoms with Crippen molar-refractivity contribution < 1.29 is 8.42 Å². The molecule has 0 bridgehead atoms. The van der Waals surface area contributed by atoms with Crippen LogP contribution < -0.4 is 10.5 Å². The Labute approximate surface area is 133 Å². The summed E-state index contributed by atoms with van der Waals surface area (Å²) in [6.45, 7) is 1.77. The number of nitrogens with zero attached hydrogens (tertiary/aromatic N) is 1. The van der Waals surface area contributed by atoms with Crippen molar-refractivity contribution in [1.82, 2.24) is 4.98 Å². The zero-order valence-electron chi connectivity index (χ0n) is 10.4. The number of hydrogen-bond acceptors (Lipinski definition) is 4. The largest absolute Gasteiger partial charge is 0.398 e. The molecule has 8 heteroatoms. The lowest BCUT2D eigenvalue weighted by Gasteiger charge is -2.10. The fraction of sp³-hybridized carbons (Fsp3) is 0.0833. The summed E-state index contributed by atoms with van der Waals surface area (Å²) in [5, 5.41) is 0. The molecule has 0 spiro atoms. The van der Waals surface area contributed by atoms with Crippen LogP contribution in [0.5, 0.6) is 0 Å². The lowest BCUT2D eigenvalue weighted by atomic mass is 10.3. The summed E-state index contributed by atoms with van der Waals surface area (Å²) in [6.07, 6.45) is 0. The smallest absolute Gasteiger partial charge is 0.265 e. The molecule has 2 aromatic rings. The minimum atomic E-state index is -3.76. The molecule has 0 aliphatic rings. The highest BCUT2D eigenvalue weighted by Gasteiger charge is 2.18. The van der Waals surface area contributed by atoms with Crippen molar-refractivity contribution in [2.24, 2.45) is 0 Å². The van der Waals surface area contributed by atoms with Gasteiger partial charge in [-0.2, -0.15) is 0 Å². The van der Waals surface area contributed by atoms with E-state index in [9.17, 15) is 8.42 Å². The molecule has 20 heavy (non-hydrogen) atoms. The molecule has 5 nitrogen and oxygen atoms in total. The first-order valence-corrected chi connectivity index (χ1v) is 8.57. The third kappa shape index (κ3) is 3.31. The highest BCUT2D eigenvalue weighted by molar-refractivity contribution is 9.10. The van der Waals surface area contributed by atoms with Crippen LogP contribution in [0.2, 0.25) is 0 Å². The minimum absolute atomic E-state index is 0.0167. The molecule has 1 heterocycles. The van der Waals surface area contributed by atoms with Crippen molar-refractivity contribution in [3.8, 4) is 0 Å². The zero-order valence-corrected chi connectivity index (χ0v) is 14.4. The molecule has 0 unspecified atom stereocenters. The predicted octanol–water partition coefficient (Wildman–Crippen LogP) is 3.30. The van der Waals surface area contributed by atoms with Crippen molar-refractivity contribution in [2.75, 3.05) is 10.5 Å². The first kappa shape index (κ1) is 15.3. The second-order valence-corrected chi connectivity index (χ2v) is 7.47. The summed E-state index contributed by atoms with van der Waals surface area (Å²) in [4.78, 5) is 4.16. The number of rotatable bonds is 3. The number of benzene rings is 1. The molecule has 0 aliphatic carbocycles. The number of aryl methyl sites for hydroxylation is 1. The van der Waals surface area contributed by atoms with Gasteiger partial charge in [0.2, 0.25) is 0 Å². The van der Waals surface area contributed by atoms with Crippen LogP contribution >= 0.6 is 31.9 Å². The van der Waals surface area contributed by atoms with E-state index in [2.05, 4.69) is 41.6 Å². The van der Waals surface area contributed by atoms with Gasteiger partial charge in [0.25, 0.3) is 10.0 Å². The van der Waals surface area contributed by atoms with Crippen molar-refractivity contribution in [2.45, 2.75) is 11.8 Å². The van der Waals surface area contributed by atoms with Gasteiger partial charge in [-0.15, -0.1) is 0 Å². The maximum Gasteiger partial charge on any atom is 0.265 e. The Balaban J connectivity index is 2.38. The normalized spacial score (nSPS) is 11.3. The van der Waals surface area contributed by atoms with Crippen LogP contribution in [0.3, 0.4) is 0 Å². The van der Waals surface area contributed by atoms with Crippen LogP contribution in [0.1, 0.15) is 5.69 Å². The first-order valence-electron chi connectivity index (χ1n) is 5.50. The number of nitrogen functional groups attached to an aromatic ring is 1. The number of pyridine rings is 1. The summed E-state index contributed by atoms with van der Waals surface area (Å²) >= 11 is 6.54. The molecule has 106 valence electrons. The van der Waals surface area contributed by atoms with Gasteiger partial charge < -0.3 is 5.73 Å². The van der Waals surface area contributed by atoms with Gasteiger partial charge in [0, 0.05) is 8.95 Å². The number of aromatic nitrogens is 1. The van der Waals surface area contributed by atoms with Crippen LogP contribution in [0.15, 0.2) is 44.2 Å². The van der Waals surface area contributed by atoms with Crippen LogP contribution in [0.25, 0.3) is 0 Å². The van der Waals surface area contributed by atoms with Gasteiger partial charge in [0.05, 0.1) is 11.4 Å². The van der Waals surface area contributed by atoms with Crippen molar-refractivity contribution in [1.29, 1.82) is 0 Å². The molecule has 0 fully saturated rings. The summed E-state index contributed by atoms with van der Waals surface area (Å²) in [7, 11) is -3.76. The summed E-state index contributed by atoms with van der Waals surface area (Å²) in [5.41, 5.74) is 6.59. The quantitative estimate of drug-likeness (QED) is 0.746. The molecule has 0 amide bonds. The number of anilines is 2. The Bertz CT molecular complexity index is 763. The van der Waals surface area contributed by atoms with E-state index >= 15 is 0 Å². The summed E-state index contributed by atoms with van der Waals surface area (Å²) < 4.78 is 28.5. The summed E-state index contributed by atoms with van der Waals surface area (Å²) in [5.74, 6) is 0.244. The Hall–Kier alpha value is -1.12. The molecule has 0 saturated heterocycles. The number of halogens is 2. The second kappa shape index (κ2) is 5.71. The Kier molecular flexibility index (Phi) is 4.36. The van der Waals surface area contributed by atoms with Gasteiger partial charge in [0.1, 0.15) is 10.7 Å². The van der Waals surface area contributed by atoms with Gasteiger partial charge in [0.15, 0.2) is 0 Å². The molecule has 0 aliphatic heterocycles. The Morgan fingerprint density at radius 1 is 1.20 bits per heavy atom. The molecule has 0 radical (unpaired) electrons. The van der Waals surface area contributed by atoms with Crippen LogP contribution in [0.4, 0.5) is 11.5 Å². The van der Waals surface area contributed by atoms with Crippen LogP contribution in [-0.2, 0) is 10.0 Å². The molecule has 1 aromatic heterocycles. The molecular formula is C12H11Br2N3O2S. The number of nitrogens with one attached hydrogen (secondary N) is 1. The average molecular weight is 421 g/mol. The molecule has 3 N–H and O–H groups in total. The number of hydrogen-bond donors (Lipinski definition) is 2. The third-order valence-corrected chi connectivity index (χ3v) is 5.28. The highest BCUT2D eigenvalue weighted by atomic mass is 79.9. The maximum absolute atomic E-state index is 12.3. The monoisotopic (exact) mass is 419 g/mol. The van der Waals surface area contributed by atoms with E-state index in [-0.39, 0.29) is 16.4 Å². The molecular weight excluding hydrogens is 410 g/mol. The average Bonchev–Trinajstić information content (AvgIpc) is 2.33. The molecule has 0 saturated carbocycles. The Morgan fingerprint density at radius 2 is 1.90 bits per heavy atom. The lowest BCUT2D eigenvalue weighted by molar-refractivity contribution is 0.601. The van der Waals surface area contributed by atoms with E-state index in [1.807, 2.05) is 0 Å². The topological polar surface area (TPSA) is 85.1 Å². The van der Waals surface area contributed by atoms with Crippen molar-refractivity contribution >= 4 is 53.4 Å². The molecule has 0 atom stereocenters. The van der Waals surface area contributed by atoms with Gasteiger partial charge in [-0.25, -0.2) is 13.4 Å². The van der Waals surface area contributed by atoms with E-state index in [0.717, 1.165) is 4.47 Å². The van der Waals surface area contributed by atoms with Gasteiger partial charge in [-0.3, -0.25) is 4.72 Å². The number of nitrogens with two attached hydrogens (primary N) is 1. The van der Waals surface area contributed by atoms with Crippen molar-refractivity contribution in [3.63, 3.8) is 0 Å². The first-order chi connectivity index (χ1) is 9.29. The number of sulfonamides is 1. The van der Waals surface area contributed by atoms with E-state index in [1.54, 1.807) is 25.1 Å². The van der Waals surface area contributed by atoms with E-state index in [0.29, 0.717) is 10.2 Å². The Morgan fingerprint density at radius 3 is 2.50 bits per heavy atom. The predicted molar refractivity (Wildman–Crippen MR) is 86.0 cm³/mol. The SMILES string of the molecule is Cc1nc(NS(=O)(=O)c2ccc(Br)cc2N)ccc1Br. The van der Waals surface area contributed by atoms with E-state index < -0.39 is 10.0 Å². The van der Waals surface area contributed by atoms with Crippen LogP contribution in [-0.4, -0.2) is 13.4 Å². The van der Waals surface area contributed by atoms with E-state index in [4.69, 9.17) is 5.73 Å². The standard InChI is InChI=1S/C12H11Br2N3O2S/c1-7-9(14)3-5-12(16-7)17-20(18,19)11-4-2-8(13)6-10(11)15/h2-6H,15H2,1H3,(H,16,17). The van der Waals surface area contributed by atoms with Gasteiger partial charge >= 0.3 is 0 Å². The maximum atomic E-state index is 12.3. The summed E-state index contributed by atoms with van der Waals surface area (Å²) in [6, 6.07) is 7.89. The molecule has 2 rings (SSSR count). The minimum Gasteiger partial charge on any atom is -0.398 e. The van der Waals surface area contributed by atoms with Crippen molar-refractivity contribution in [3.05, 3.63) is 45.0 Å². The van der Waals surface area contributed by atoms with Crippen LogP contribution in [0, 0.1) is 6.92 Å². The molecule has 1 aromatic carbocycles. The third-order valence-electron chi connectivity index (χ3n) is 2.52. The van der Waals surface area contributed by atoms with E-state index in [1.165, 1.54) is 12.1 Å². The fourth-order valence-electron chi connectivity index (χ4n) is 1.56. The lowest BCUT2D eigenvalue weighted by Crippen LogP contribution is -2.15.